The molecular formula is C20H22N4O2. The molecule has 26 heavy (non-hydrogen) atoms. The second-order valence-corrected chi connectivity index (χ2v) is 6.36. The molecule has 0 aliphatic heterocycles. The average molecular weight is 350 g/mol. The summed E-state index contributed by atoms with van der Waals surface area (Å²) in [6, 6.07) is 11.2. The van der Waals surface area contributed by atoms with Crippen LogP contribution in [0.1, 0.15) is 45.9 Å². The van der Waals surface area contributed by atoms with Gasteiger partial charge in [0.15, 0.2) is 0 Å². The first kappa shape index (κ1) is 17.7. The first-order valence-corrected chi connectivity index (χ1v) is 8.47. The van der Waals surface area contributed by atoms with E-state index >= 15 is 0 Å². The molecule has 6 nitrogen and oxygen atoms in total. The molecule has 1 amide bonds. The van der Waals surface area contributed by atoms with E-state index in [4.69, 9.17) is 4.52 Å². The van der Waals surface area contributed by atoms with Crippen LogP contribution in [0.3, 0.4) is 0 Å². The lowest BCUT2D eigenvalue weighted by molar-refractivity contribution is 0.102. The smallest absolute Gasteiger partial charge is 0.257 e. The topological polar surface area (TPSA) is 80.0 Å². The van der Waals surface area contributed by atoms with E-state index in [1.807, 2.05) is 52.0 Å². The monoisotopic (exact) mass is 350 g/mol. The van der Waals surface area contributed by atoms with Gasteiger partial charge in [0, 0.05) is 17.4 Å². The predicted octanol–water partition coefficient (Wildman–Crippen LogP) is 4.42. The van der Waals surface area contributed by atoms with E-state index in [9.17, 15) is 4.79 Å². The highest BCUT2D eigenvalue weighted by atomic mass is 16.5. The molecule has 0 radical (unpaired) electrons. The van der Waals surface area contributed by atoms with Crippen molar-refractivity contribution in [2.45, 2.75) is 33.7 Å². The van der Waals surface area contributed by atoms with Crippen molar-refractivity contribution in [1.82, 2.24) is 10.1 Å². The van der Waals surface area contributed by atoms with Gasteiger partial charge in [-0.3, -0.25) is 4.79 Å². The molecule has 2 heterocycles. The minimum Gasteiger partial charge on any atom is -0.363 e. The second kappa shape index (κ2) is 7.39. The lowest BCUT2D eigenvalue weighted by Gasteiger charge is -2.14. The molecule has 0 saturated carbocycles. The quantitative estimate of drug-likeness (QED) is 0.712. The first-order valence-electron chi connectivity index (χ1n) is 8.47. The lowest BCUT2D eigenvalue weighted by atomic mass is 10.1. The second-order valence-electron chi connectivity index (χ2n) is 6.36. The van der Waals surface area contributed by atoms with Crippen molar-refractivity contribution in [3.63, 3.8) is 0 Å². The van der Waals surface area contributed by atoms with Gasteiger partial charge in [0.25, 0.3) is 5.91 Å². The normalized spacial score (nSPS) is 11.8. The molecule has 1 atom stereocenters. The SMILES string of the molecule is Cc1ccc(NC(=O)c2ccc(NC(C)c3c(C)noc3C)nc2)cc1. The molecule has 6 heteroatoms. The predicted molar refractivity (Wildman–Crippen MR) is 101 cm³/mol. The lowest BCUT2D eigenvalue weighted by Crippen LogP contribution is -2.13. The summed E-state index contributed by atoms with van der Waals surface area (Å²) in [6.07, 6.45) is 1.56. The number of rotatable bonds is 5. The highest BCUT2D eigenvalue weighted by molar-refractivity contribution is 6.04. The number of hydrogen-bond donors (Lipinski definition) is 2. The van der Waals surface area contributed by atoms with Gasteiger partial charge in [0.05, 0.1) is 17.3 Å². The summed E-state index contributed by atoms with van der Waals surface area (Å²) in [4.78, 5) is 16.7. The number of carbonyl (C=O) groups is 1. The average Bonchev–Trinajstić information content (AvgIpc) is 2.96. The van der Waals surface area contributed by atoms with Crippen molar-refractivity contribution in [3.8, 4) is 0 Å². The van der Waals surface area contributed by atoms with E-state index in [2.05, 4.69) is 20.8 Å². The fraction of sp³-hybridized carbons (Fsp3) is 0.250. The van der Waals surface area contributed by atoms with Crippen molar-refractivity contribution in [1.29, 1.82) is 0 Å². The summed E-state index contributed by atoms with van der Waals surface area (Å²) in [7, 11) is 0. The van der Waals surface area contributed by atoms with Crippen LogP contribution in [0.25, 0.3) is 0 Å². The van der Waals surface area contributed by atoms with E-state index in [0.717, 1.165) is 28.3 Å². The minimum atomic E-state index is -0.188. The summed E-state index contributed by atoms with van der Waals surface area (Å²) >= 11 is 0. The van der Waals surface area contributed by atoms with Gasteiger partial charge in [0.1, 0.15) is 11.6 Å². The molecule has 0 aliphatic rings. The highest BCUT2D eigenvalue weighted by Crippen LogP contribution is 2.24. The third-order valence-corrected chi connectivity index (χ3v) is 4.22. The molecule has 1 unspecified atom stereocenters. The van der Waals surface area contributed by atoms with Crippen molar-refractivity contribution < 1.29 is 9.32 Å². The fourth-order valence-electron chi connectivity index (χ4n) is 2.86. The van der Waals surface area contributed by atoms with Crippen LogP contribution in [0.2, 0.25) is 0 Å². The van der Waals surface area contributed by atoms with Crippen LogP contribution in [-0.2, 0) is 0 Å². The fourth-order valence-corrected chi connectivity index (χ4v) is 2.86. The maximum Gasteiger partial charge on any atom is 0.257 e. The zero-order chi connectivity index (χ0) is 18.7. The first-order chi connectivity index (χ1) is 12.4. The summed E-state index contributed by atoms with van der Waals surface area (Å²) in [5.41, 5.74) is 4.29. The van der Waals surface area contributed by atoms with Crippen molar-refractivity contribution in [2.75, 3.05) is 10.6 Å². The Morgan fingerprint density at radius 3 is 2.38 bits per heavy atom. The zero-order valence-electron chi connectivity index (χ0n) is 15.3. The van der Waals surface area contributed by atoms with Crippen LogP contribution in [0.5, 0.6) is 0 Å². The van der Waals surface area contributed by atoms with Crippen LogP contribution < -0.4 is 10.6 Å². The Morgan fingerprint density at radius 1 is 1.08 bits per heavy atom. The van der Waals surface area contributed by atoms with Crippen LogP contribution in [-0.4, -0.2) is 16.0 Å². The molecule has 0 bridgehead atoms. The van der Waals surface area contributed by atoms with E-state index in [1.165, 1.54) is 0 Å². The molecular weight excluding hydrogens is 328 g/mol. The van der Waals surface area contributed by atoms with Crippen molar-refractivity contribution in [2.24, 2.45) is 0 Å². The van der Waals surface area contributed by atoms with Gasteiger partial charge >= 0.3 is 0 Å². The van der Waals surface area contributed by atoms with E-state index in [0.29, 0.717) is 11.4 Å². The van der Waals surface area contributed by atoms with Gasteiger partial charge in [-0.1, -0.05) is 22.9 Å². The minimum absolute atomic E-state index is 0.000912. The van der Waals surface area contributed by atoms with Crippen LogP contribution in [0.4, 0.5) is 11.5 Å². The molecule has 3 aromatic rings. The van der Waals surface area contributed by atoms with Gasteiger partial charge in [0.2, 0.25) is 0 Å². The van der Waals surface area contributed by atoms with Gasteiger partial charge in [-0.2, -0.15) is 0 Å². The Kier molecular flexibility index (Phi) is 5.02. The number of pyridine rings is 1. The third-order valence-electron chi connectivity index (χ3n) is 4.22. The molecule has 0 saturated heterocycles. The zero-order valence-corrected chi connectivity index (χ0v) is 15.3. The van der Waals surface area contributed by atoms with Gasteiger partial charge in [-0.25, -0.2) is 4.98 Å². The van der Waals surface area contributed by atoms with Crippen molar-refractivity contribution in [3.05, 3.63) is 70.7 Å². The Hall–Kier alpha value is -3.15. The number of nitrogens with zero attached hydrogens (tertiary/aromatic N) is 2. The van der Waals surface area contributed by atoms with E-state index in [1.54, 1.807) is 18.3 Å². The maximum absolute atomic E-state index is 12.3. The van der Waals surface area contributed by atoms with Gasteiger partial charge in [-0.05, 0) is 52.0 Å². The molecule has 0 fully saturated rings. The Balaban J connectivity index is 1.66. The maximum atomic E-state index is 12.3. The third kappa shape index (κ3) is 3.91. The van der Waals surface area contributed by atoms with E-state index in [-0.39, 0.29) is 11.9 Å². The molecule has 2 N–H and O–H groups in total. The van der Waals surface area contributed by atoms with Crippen LogP contribution in [0, 0.1) is 20.8 Å². The number of hydrogen-bond acceptors (Lipinski definition) is 5. The summed E-state index contributed by atoms with van der Waals surface area (Å²) < 4.78 is 5.21. The molecule has 0 aliphatic carbocycles. The number of nitrogens with one attached hydrogen (secondary N) is 2. The molecule has 2 aromatic heterocycles. The number of amides is 1. The Morgan fingerprint density at radius 2 is 1.81 bits per heavy atom. The van der Waals surface area contributed by atoms with Gasteiger partial charge < -0.3 is 15.2 Å². The summed E-state index contributed by atoms with van der Waals surface area (Å²) in [6.45, 7) is 7.83. The summed E-state index contributed by atoms with van der Waals surface area (Å²) in [5, 5.41) is 10.1. The van der Waals surface area contributed by atoms with Crippen LogP contribution >= 0.6 is 0 Å². The number of anilines is 2. The molecule has 0 spiro atoms. The molecule has 1 aromatic carbocycles. The Labute approximate surface area is 152 Å². The molecule has 134 valence electrons. The highest BCUT2D eigenvalue weighted by Gasteiger charge is 2.16. The molecule has 3 rings (SSSR count). The summed E-state index contributed by atoms with van der Waals surface area (Å²) in [5.74, 6) is 1.28. The number of benzene rings is 1. The number of aryl methyl sites for hydroxylation is 3. The largest absolute Gasteiger partial charge is 0.363 e. The van der Waals surface area contributed by atoms with Crippen LogP contribution in [0.15, 0.2) is 47.1 Å². The van der Waals surface area contributed by atoms with Gasteiger partial charge in [-0.15, -0.1) is 0 Å². The Bertz CT molecular complexity index is 879. The standard InChI is InChI=1S/C20H22N4O2/c1-12-5-8-17(9-6-12)23-20(25)16-7-10-18(21-11-16)22-13(2)19-14(3)24-26-15(19)4/h5-11,13H,1-4H3,(H,21,22)(H,23,25). The van der Waals surface area contributed by atoms with Crippen molar-refractivity contribution >= 4 is 17.4 Å². The number of carbonyl (C=O) groups excluding carboxylic acids is 1. The number of aromatic nitrogens is 2. The van der Waals surface area contributed by atoms with E-state index < -0.39 is 0 Å².